The van der Waals surface area contributed by atoms with E-state index in [1.54, 1.807) is 0 Å². The fourth-order valence-electron chi connectivity index (χ4n) is 3.92. The fraction of sp³-hybridized carbons (Fsp3) is 0.333. The first-order chi connectivity index (χ1) is 20.8. The molecule has 1 heterocycles. The highest BCUT2D eigenvalue weighted by molar-refractivity contribution is 7.90. The summed E-state index contributed by atoms with van der Waals surface area (Å²) in [4.78, 5) is 16.4. The first-order valence-electron chi connectivity index (χ1n) is 13.0. The summed E-state index contributed by atoms with van der Waals surface area (Å²) in [6.07, 6.45) is 3.36. The summed E-state index contributed by atoms with van der Waals surface area (Å²) < 4.78 is 95.7. The lowest BCUT2D eigenvalue weighted by atomic mass is 10.0. The monoisotopic (exact) mass is 693 g/mol. The van der Waals surface area contributed by atoms with Crippen LogP contribution in [0.3, 0.4) is 0 Å². The first kappa shape index (κ1) is 33.8. The summed E-state index contributed by atoms with van der Waals surface area (Å²) in [5.41, 5.74) is 0.672. The number of nitrogens with one attached hydrogen (secondary N) is 2. The first-order valence-corrected chi connectivity index (χ1v) is 16.7. The van der Waals surface area contributed by atoms with Gasteiger partial charge in [-0.15, -0.1) is 0 Å². The molecule has 238 valence electrons. The Labute approximate surface area is 262 Å². The standard InChI is InChI=1S/C27H27Cl2F2N3O8S2/c1-32-43(36,37)18-5-7-19(8-6-18)44(38,39)34-14-26(35)41-24(11-20-21(28)12-33-13-22(20)29)17-4-9-23(42-27(30)31)25(10-17)40-15-16-2-3-16/h4-10,12-13,16,24,27,32,34H,2-3,11,14-15H2,1H3/t24-/m0/s1. The van der Waals surface area contributed by atoms with Crippen LogP contribution in [0.2, 0.25) is 10.0 Å². The van der Waals surface area contributed by atoms with Crippen LogP contribution in [-0.4, -0.2) is 54.6 Å². The third-order valence-electron chi connectivity index (χ3n) is 6.46. The SMILES string of the molecule is CNS(=O)(=O)c1ccc(S(=O)(=O)NCC(=O)O[C@@H](Cc2c(Cl)cncc2Cl)c2ccc(OC(F)F)c(OCC3CC3)c2)cc1. The van der Waals surface area contributed by atoms with Crippen molar-refractivity contribution in [1.82, 2.24) is 14.4 Å². The highest BCUT2D eigenvalue weighted by Crippen LogP contribution is 2.37. The van der Waals surface area contributed by atoms with Gasteiger partial charge in [0.05, 0.1) is 26.4 Å². The van der Waals surface area contributed by atoms with Gasteiger partial charge in [-0.05, 0) is 73.3 Å². The lowest BCUT2D eigenvalue weighted by Crippen LogP contribution is -2.31. The smallest absolute Gasteiger partial charge is 0.387 e. The molecule has 0 bridgehead atoms. The summed E-state index contributed by atoms with van der Waals surface area (Å²) in [5, 5.41) is 0.344. The molecule has 1 atom stereocenters. The van der Waals surface area contributed by atoms with Crippen LogP contribution in [0.5, 0.6) is 11.5 Å². The van der Waals surface area contributed by atoms with Gasteiger partial charge in [0, 0.05) is 18.8 Å². The van der Waals surface area contributed by atoms with Crippen LogP contribution < -0.4 is 18.9 Å². The average Bonchev–Trinajstić information content (AvgIpc) is 3.81. The molecule has 0 saturated heterocycles. The van der Waals surface area contributed by atoms with Crippen LogP contribution in [0.1, 0.15) is 30.1 Å². The van der Waals surface area contributed by atoms with Gasteiger partial charge in [0.2, 0.25) is 20.0 Å². The number of pyridine rings is 1. The molecule has 0 radical (unpaired) electrons. The molecule has 1 aromatic heterocycles. The van der Waals surface area contributed by atoms with Crippen molar-refractivity contribution in [1.29, 1.82) is 0 Å². The summed E-state index contributed by atoms with van der Waals surface area (Å²) in [5.74, 6) is -0.913. The van der Waals surface area contributed by atoms with E-state index >= 15 is 0 Å². The van der Waals surface area contributed by atoms with Crippen molar-refractivity contribution < 1.29 is 44.6 Å². The maximum absolute atomic E-state index is 13.0. The Hall–Kier alpha value is -3.08. The molecule has 1 aliphatic rings. The van der Waals surface area contributed by atoms with E-state index in [1.807, 2.05) is 0 Å². The second-order valence-electron chi connectivity index (χ2n) is 9.61. The van der Waals surface area contributed by atoms with Crippen molar-refractivity contribution in [2.45, 2.75) is 41.8 Å². The molecule has 44 heavy (non-hydrogen) atoms. The Balaban J connectivity index is 1.56. The molecule has 0 amide bonds. The van der Waals surface area contributed by atoms with E-state index in [1.165, 1.54) is 37.6 Å². The number of halogens is 4. The van der Waals surface area contributed by atoms with Gasteiger partial charge in [-0.1, -0.05) is 29.3 Å². The van der Waals surface area contributed by atoms with Crippen LogP contribution in [0.25, 0.3) is 0 Å². The molecule has 2 N–H and O–H groups in total. The van der Waals surface area contributed by atoms with Crippen LogP contribution in [-0.2, 0) is 36.0 Å². The molecule has 0 aliphatic heterocycles. The Kier molecular flexibility index (Phi) is 11.0. The van der Waals surface area contributed by atoms with E-state index < -0.39 is 45.3 Å². The number of hydrogen-bond acceptors (Lipinski definition) is 9. The molecular weight excluding hydrogens is 667 g/mol. The molecule has 11 nitrogen and oxygen atoms in total. The minimum Gasteiger partial charge on any atom is -0.489 e. The van der Waals surface area contributed by atoms with Crippen molar-refractivity contribution in [2.75, 3.05) is 20.2 Å². The number of ether oxygens (including phenoxy) is 3. The maximum atomic E-state index is 13.0. The Morgan fingerprint density at radius 1 is 0.977 bits per heavy atom. The molecule has 1 aliphatic carbocycles. The highest BCUT2D eigenvalue weighted by atomic mass is 35.5. The van der Waals surface area contributed by atoms with E-state index in [0.29, 0.717) is 11.1 Å². The topological polar surface area (TPSA) is 150 Å². The van der Waals surface area contributed by atoms with Gasteiger partial charge < -0.3 is 14.2 Å². The molecule has 4 rings (SSSR count). The Morgan fingerprint density at radius 2 is 1.59 bits per heavy atom. The molecule has 3 aromatic rings. The van der Waals surface area contributed by atoms with Gasteiger partial charge >= 0.3 is 12.6 Å². The maximum Gasteiger partial charge on any atom is 0.387 e. The van der Waals surface area contributed by atoms with Crippen molar-refractivity contribution in [3.05, 3.63) is 76.0 Å². The lowest BCUT2D eigenvalue weighted by molar-refractivity contribution is -0.148. The number of nitrogens with zero attached hydrogens (tertiary/aromatic N) is 1. The largest absolute Gasteiger partial charge is 0.489 e. The number of carbonyl (C=O) groups excluding carboxylic acids is 1. The van der Waals surface area contributed by atoms with Crippen molar-refractivity contribution in [2.24, 2.45) is 5.92 Å². The summed E-state index contributed by atoms with van der Waals surface area (Å²) in [6.45, 7) is -3.63. The molecule has 1 fully saturated rings. The normalized spacial score (nSPS) is 14.3. The molecule has 2 aromatic carbocycles. The predicted molar refractivity (Wildman–Crippen MR) is 156 cm³/mol. The van der Waals surface area contributed by atoms with E-state index in [2.05, 4.69) is 19.2 Å². The highest BCUT2D eigenvalue weighted by Gasteiger charge is 2.26. The molecule has 17 heteroatoms. The van der Waals surface area contributed by atoms with E-state index in [4.69, 9.17) is 32.7 Å². The minimum atomic E-state index is -4.25. The Morgan fingerprint density at radius 3 is 2.16 bits per heavy atom. The van der Waals surface area contributed by atoms with Gasteiger partial charge in [-0.25, -0.2) is 21.6 Å². The third-order valence-corrected chi connectivity index (χ3v) is 9.96. The second kappa shape index (κ2) is 14.3. The number of alkyl halides is 2. The number of carbonyl (C=O) groups is 1. The van der Waals surface area contributed by atoms with E-state index in [-0.39, 0.29) is 50.3 Å². The molecule has 0 spiro atoms. The predicted octanol–water partition coefficient (Wildman–Crippen LogP) is 4.49. The van der Waals surface area contributed by atoms with Crippen LogP contribution in [0.4, 0.5) is 8.78 Å². The lowest BCUT2D eigenvalue weighted by Gasteiger charge is -2.21. The van der Waals surface area contributed by atoms with Crippen LogP contribution in [0.15, 0.2) is 64.6 Å². The fourth-order valence-corrected chi connectivity index (χ4v) is 6.14. The summed E-state index contributed by atoms with van der Waals surface area (Å²) in [7, 11) is -6.83. The van der Waals surface area contributed by atoms with Gasteiger partial charge in [0.25, 0.3) is 0 Å². The molecule has 0 unspecified atom stereocenters. The Bertz CT molecular complexity index is 1690. The number of aromatic nitrogens is 1. The zero-order valence-electron chi connectivity index (χ0n) is 23.0. The number of benzene rings is 2. The van der Waals surface area contributed by atoms with Gasteiger partial charge in [-0.2, -0.15) is 13.5 Å². The van der Waals surface area contributed by atoms with Crippen molar-refractivity contribution in [3.8, 4) is 11.5 Å². The second-order valence-corrected chi connectivity index (χ2v) is 14.1. The van der Waals surface area contributed by atoms with E-state index in [9.17, 15) is 30.4 Å². The van der Waals surface area contributed by atoms with Crippen molar-refractivity contribution in [3.63, 3.8) is 0 Å². The summed E-state index contributed by atoms with van der Waals surface area (Å²) >= 11 is 12.6. The summed E-state index contributed by atoms with van der Waals surface area (Å²) in [6, 6.07) is 8.38. The van der Waals surface area contributed by atoms with Crippen LogP contribution >= 0.6 is 23.2 Å². The number of sulfonamides is 2. The number of esters is 1. The van der Waals surface area contributed by atoms with Gasteiger partial charge in [0.15, 0.2) is 11.5 Å². The zero-order chi connectivity index (χ0) is 32.1. The van der Waals surface area contributed by atoms with Crippen molar-refractivity contribution >= 4 is 49.2 Å². The molecule has 1 saturated carbocycles. The molecular formula is C27H27Cl2F2N3O8S2. The zero-order valence-corrected chi connectivity index (χ0v) is 26.2. The number of rotatable bonds is 15. The van der Waals surface area contributed by atoms with Crippen LogP contribution in [0, 0.1) is 5.92 Å². The van der Waals surface area contributed by atoms with Gasteiger partial charge in [-0.3, -0.25) is 9.78 Å². The number of hydrogen-bond donors (Lipinski definition) is 2. The average molecular weight is 695 g/mol. The van der Waals surface area contributed by atoms with E-state index in [0.717, 1.165) is 37.1 Å². The van der Waals surface area contributed by atoms with Gasteiger partial charge in [0.1, 0.15) is 12.6 Å². The quantitative estimate of drug-likeness (QED) is 0.220. The minimum absolute atomic E-state index is 0.00658. The third kappa shape index (κ3) is 8.99.